The molecule has 0 saturated carbocycles. The number of hydrogen-bond donors (Lipinski definition) is 2. The molecule has 0 spiro atoms. The molecule has 1 unspecified atom stereocenters. The van der Waals surface area contributed by atoms with Crippen LogP contribution < -0.4 is 15.4 Å². The Bertz CT molecular complexity index is 687. The molecular formula is C17H18BrN3O2. The summed E-state index contributed by atoms with van der Waals surface area (Å²) in [5.74, 6) is 0.767. The quantitative estimate of drug-likeness (QED) is 0.842. The fourth-order valence-electron chi connectivity index (χ4n) is 2.53. The number of halogens is 1. The van der Waals surface area contributed by atoms with Gasteiger partial charge < -0.3 is 15.4 Å². The number of amides is 1. The molecule has 0 aliphatic carbocycles. The van der Waals surface area contributed by atoms with Crippen molar-refractivity contribution in [3.63, 3.8) is 0 Å². The Morgan fingerprint density at radius 2 is 2.30 bits per heavy atom. The lowest BCUT2D eigenvalue weighted by Crippen LogP contribution is -2.37. The summed E-state index contributed by atoms with van der Waals surface area (Å²) in [5.41, 5.74) is 0.436. The zero-order valence-electron chi connectivity index (χ0n) is 12.6. The molecule has 6 heteroatoms. The van der Waals surface area contributed by atoms with Gasteiger partial charge in [-0.15, -0.1) is 0 Å². The number of hydrogen-bond acceptors (Lipinski definition) is 4. The van der Waals surface area contributed by atoms with Gasteiger partial charge in [-0.2, -0.15) is 0 Å². The SMILES string of the molecule is O=C(NCC1CCCN1)c1cccnc1Oc1cccc(Br)c1. The van der Waals surface area contributed by atoms with E-state index in [-0.39, 0.29) is 5.91 Å². The summed E-state index contributed by atoms with van der Waals surface area (Å²) < 4.78 is 6.67. The fraction of sp³-hybridized carbons (Fsp3) is 0.294. The number of carbonyl (C=O) groups excluding carboxylic acids is 1. The molecule has 1 saturated heterocycles. The molecule has 1 amide bonds. The molecule has 120 valence electrons. The largest absolute Gasteiger partial charge is 0.438 e. The standard InChI is InChI=1S/C17H18BrN3O2/c18-12-4-1-6-14(10-12)23-17-15(7-3-9-20-17)16(22)21-11-13-5-2-8-19-13/h1,3-4,6-7,9-10,13,19H,2,5,8,11H2,(H,21,22). The van der Waals surface area contributed by atoms with E-state index < -0.39 is 0 Å². The second-order valence-corrected chi connectivity index (χ2v) is 6.33. The molecule has 1 aliphatic heterocycles. The topological polar surface area (TPSA) is 63.2 Å². The van der Waals surface area contributed by atoms with Crippen LogP contribution in [0.3, 0.4) is 0 Å². The molecule has 1 atom stereocenters. The van der Waals surface area contributed by atoms with Crippen LogP contribution in [0.25, 0.3) is 0 Å². The number of nitrogens with zero attached hydrogens (tertiary/aromatic N) is 1. The van der Waals surface area contributed by atoms with Gasteiger partial charge in [0, 0.05) is 23.3 Å². The maximum absolute atomic E-state index is 12.4. The average molecular weight is 376 g/mol. The number of rotatable bonds is 5. The number of ether oxygens (including phenoxy) is 1. The highest BCUT2D eigenvalue weighted by molar-refractivity contribution is 9.10. The third-order valence-electron chi connectivity index (χ3n) is 3.70. The highest BCUT2D eigenvalue weighted by Gasteiger charge is 2.18. The first kappa shape index (κ1) is 16.0. The smallest absolute Gasteiger partial charge is 0.256 e. The van der Waals surface area contributed by atoms with Crippen LogP contribution in [0.5, 0.6) is 11.6 Å². The summed E-state index contributed by atoms with van der Waals surface area (Å²) in [6.07, 6.45) is 3.86. The van der Waals surface area contributed by atoms with Gasteiger partial charge >= 0.3 is 0 Å². The van der Waals surface area contributed by atoms with Crippen molar-refractivity contribution in [2.75, 3.05) is 13.1 Å². The molecule has 5 nitrogen and oxygen atoms in total. The Labute approximate surface area is 143 Å². The van der Waals surface area contributed by atoms with Crippen LogP contribution in [0.4, 0.5) is 0 Å². The number of carbonyl (C=O) groups is 1. The average Bonchev–Trinajstić information content (AvgIpc) is 3.07. The molecule has 23 heavy (non-hydrogen) atoms. The summed E-state index contributed by atoms with van der Waals surface area (Å²) in [4.78, 5) is 16.6. The number of aromatic nitrogens is 1. The summed E-state index contributed by atoms with van der Waals surface area (Å²) in [6, 6.07) is 11.2. The van der Waals surface area contributed by atoms with E-state index in [9.17, 15) is 4.79 Å². The Morgan fingerprint density at radius 3 is 3.09 bits per heavy atom. The van der Waals surface area contributed by atoms with Gasteiger partial charge in [-0.25, -0.2) is 4.98 Å². The van der Waals surface area contributed by atoms with Crippen LogP contribution in [-0.4, -0.2) is 30.0 Å². The van der Waals surface area contributed by atoms with E-state index in [1.54, 1.807) is 18.3 Å². The minimum Gasteiger partial charge on any atom is -0.438 e. The lowest BCUT2D eigenvalue weighted by atomic mass is 10.2. The van der Waals surface area contributed by atoms with E-state index in [0.29, 0.717) is 29.8 Å². The van der Waals surface area contributed by atoms with Gasteiger partial charge in [-0.1, -0.05) is 22.0 Å². The predicted molar refractivity (Wildman–Crippen MR) is 91.8 cm³/mol. The summed E-state index contributed by atoms with van der Waals surface area (Å²) >= 11 is 3.40. The van der Waals surface area contributed by atoms with Crippen molar-refractivity contribution >= 4 is 21.8 Å². The van der Waals surface area contributed by atoms with Crippen molar-refractivity contribution in [3.8, 4) is 11.6 Å². The van der Waals surface area contributed by atoms with E-state index in [4.69, 9.17) is 4.74 Å². The molecule has 1 fully saturated rings. The molecule has 1 aromatic carbocycles. The highest BCUT2D eigenvalue weighted by atomic mass is 79.9. The van der Waals surface area contributed by atoms with Crippen molar-refractivity contribution in [2.24, 2.45) is 0 Å². The zero-order valence-corrected chi connectivity index (χ0v) is 14.2. The van der Waals surface area contributed by atoms with Crippen LogP contribution >= 0.6 is 15.9 Å². The molecule has 0 radical (unpaired) electrons. The maximum atomic E-state index is 12.4. The first-order valence-electron chi connectivity index (χ1n) is 7.62. The number of benzene rings is 1. The Morgan fingerprint density at radius 1 is 1.39 bits per heavy atom. The van der Waals surface area contributed by atoms with Gasteiger partial charge in [0.2, 0.25) is 5.88 Å². The van der Waals surface area contributed by atoms with Gasteiger partial charge in [0.1, 0.15) is 11.3 Å². The van der Waals surface area contributed by atoms with Crippen molar-refractivity contribution in [1.29, 1.82) is 0 Å². The number of pyridine rings is 1. The number of nitrogens with one attached hydrogen (secondary N) is 2. The molecule has 0 bridgehead atoms. The predicted octanol–water partition coefficient (Wildman–Crippen LogP) is 3.12. The van der Waals surface area contributed by atoms with E-state index in [1.165, 1.54) is 0 Å². The van der Waals surface area contributed by atoms with E-state index >= 15 is 0 Å². The van der Waals surface area contributed by atoms with Gasteiger partial charge in [0.05, 0.1) is 0 Å². The molecular weight excluding hydrogens is 358 g/mol. The first-order valence-corrected chi connectivity index (χ1v) is 8.42. The van der Waals surface area contributed by atoms with Crippen LogP contribution in [-0.2, 0) is 0 Å². The third kappa shape index (κ3) is 4.30. The first-order chi connectivity index (χ1) is 11.2. The normalized spacial score (nSPS) is 17.0. The summed E-state index contributed by atoms with van der Waals surface area (Å²) in [6.45, 7) is 1.63. The van der Waals surface area contributed by atoms with Crippen LogP contribution in [0.1, 0.15) is 23.2 Å². The zero-order chi connectivity index (χ0) is 16.1. The highest BCUT2D eigenvalue weighted by Crippen LogP contribution is 2.25. The third-order valence-corrected chi connectivity index (χ3v) is 4.19. The van der Waals surface area contributed by atoms with E-state index in [2.05, 4.69) is 31.5 Å². The second kappa shape index (κ2) is 7.57. The molecule has 2 aromatic rings. The van der Waals surface area contributed by atoms with Gasteiger partial charge in [0.25, 0.3) is 5.91 Å². The molecule has 2 heterocycles. The molecule has 1 aromatic heterocycles. The van der Waals surface area contributed by atoms with Crippen LogP contribution in [0.15, 0.2) is 47.1 Å². The van der Waals surface area contributed by atoms with Crippen LogP contribution in [0.2, 0.25) is 0 Å². The molecule has 1 aliphatic rings. The van der Waals surface area contributed by atoms with E-state index in [1.807, 2.05) is 24.3 Å². The van der Waals surface area contributed by atoms with Gasteiger partial charge in [0.15, 0.2) is 0 Å². The second-order valence-electron chi connectivity index (χ2n) is 5.42. The minimum absolute atomic E-state index is 0.170. The van der Waals surface area contributed by atoms with Gasteiger partial charge in [-0.05, 0) is 49.7 Å². The Balaban J connectivity index is 1.70. The molecule has 2 N–H and O–H groups in total. The van der Waals surface area contributed by atoms with Crippen LogP contribution in [0, 0.1) is 0 Å². The lowest BCUT2D eigenvalue weighted by Gasteiger charge is -2.13. The maximum Gasteiger partial charge on any atom is 0.256 e. The van der Waals surface area contributed by atoms with Gasteiger partial charge in [-0.3, -0.25) is 4.79 Å². The summed E-state index contributed by atoms with van der Waals surface area (Å²) in [7, 11) is 0. The fourth-order valence-corrected chi connectivity index (χ4v) is 2.91. The Hall–Kier alpha value is -1.92. The van der Waals surface area contributed by atoms with Crippen molar-refractivity contribution < 1.29 is 9.53 Å². The van der Waals surface area contributed by atoms with Crippen molar-refractivity contribution in [1.82, 2.24) is 15.6 Å². The Kier molecular flexibility index (Phi) is 5.25. The van der Waals surface area contributed by atoms with E-state index in [0.717, 1.165) is 23.9 Å². The van der Waals surface area contributed by atoms with Crippen molar-refractivity contribution in [2.45, 2.75) is 18.9 Å². The lowest BCUT2D eigenvalue weighted by molar-refractivity contribution is 0.0947. The molecule has 3 rings (SSSR count). The van der Waals surface area contributed by atoms with Crippen molar-refractivity contribution in [3.05, 3.63) is 52.6 Å². The monoisotopic (exact) mass is 375 g/mol. The minimum atomic E-state index is -0.170. The summed E-state index contributed by atoms with van der Waals surface area (Å²) in [5, 5.41) is 6.31.